The van der Waals surface area contributed by atoms with Crippen molar-refractivity contribution in [1.82, 2.24) is 4.90 Å². The molecule has 4 rings (SSSR count). The predicted octanol–water partition coefficient (Wildman–Crippen LogP) is 3.54. The third-order valence-electron chi connectivity index (χ3n) is 6.30. The first-order valence-corrected chi connectivity index (χ1v) is 9.22. The van der Waals surface area contributed by atoms with Gasteiger partial charge in [0.25, 0.3) is 0 Å². The van der Waals surface area contributed by atoms with E-state index in [0.717, 1.165) is 12.8 Å². The van der Waals surface area contributed by atoms with E-state index in [0.29, 0.717) is 23.9 Å². The molecular weight excluding hydrogens is 294 g/mol. The minimum absolute atomic E-state index is 0.209. The molecular formula is C22H27NO. The quantitative estimate of drug-likeness (QED) is 0.931. The average Bonchev–Trinajstić information content (AvgIpc) is 2.93. The molecule has 2 aliphatic heterocycles. The number of fused-ring (bicyclic) bond motifs is 2. The van der Waals surface area contributed by atoms with Crippen LogP contribution < -0.4 is 0 Å². The molecule has 0 saturated carbocycles. The van der Waals surface area contributed by atoms with Gasteiger partial charge in [-0.2, -0.15) is 0 Å². The van der Waals surface area contributed by atoms with Crippen LogP contribution in [0.2, 0.25) is 0 Å². The topological polar surface area (TPSA) is 23.5 Å². The lowest BCUT2D eigenvalue weighted by atomic mass is 9.75. The second kappa shape index (κ2) is 6.70. The Morgan fingerprint density at radius 3 is 1.62 bits per heavy atom. The molecule has 1 unspecified atom stereocenters. The second-order valence-electron chi connectivity index (χ2n) is 7.58. The van der Waals surface area contributed by atoms with E-state index in [9.17, 15) is 5.11 Å². The number of aliphatic hydroxyl groups is 1. The van der Waals surface area contributed by atoms with Crippen LogP contribution in [-0.4, -0.2) is 35.2 Å². The maximum absolute atomic E-state index is 11.2. The van der Waals surface area contributed by atoms with E-state index < -0.39 is 0 Å². The molecule has 24 heavy (non-hydrogen) atoms. The molecule has 2 heterocycles. The molecule has 2 aromatic carbocycles. The van der Waals surface area contributed by atoms with Crippen molar-refractivity contribution in [2.24, 2.45) is 11.8 Å². The van der Waals surface area contributed by atoms with Gasteiger partial charge in [0.2, 0.25) is 0 Å². The van der Waals surface area contributed by atoms with E-state index in [1.54, 1.807) is 0 Å². The molecule has 0 aliphatic carbocycles. The maximum Gasteiger partial charge on any atom is 0.0632 e. The second-order valence-corrected chi connectivity index (χ2v) is 7.58. The summed E-state index contributed by atoms with van der Waals surface area (Å²) in [6, 6.07) is 22.4. The highest BCUT2D eigenvalue weighted by atomic mass is 16.3. The van der Waals surface area contributed by atoms with Gasteiger partial charge in [-0.25, -0.2) is 0 Å². The fourth-order valence-electron chi connectivity index (χ4n) is 5.09. The number of benzene rings is 2. The molecule has 2 heteroatoms. The number of rotatable bonds is 4. The SMILES string of the molecule is CN1[C@@H]2CC[C@H]1[C@@H](Cc1ccccc1)C(O)[C@H]2Cc1ccccc1. The summed E-state index contributed by atoms with van der Waals surface area (Å²) in [5, 5.41) is 11.2. The summed E-state index contributed by atoms with van der Waals surface area (Å²) < 4.78 is 0. The summed E-state index contributed by atoms with van der Waals surface area (Å²) in [6.45, 7) is 0. The minimum atomic E-state index is -0.209. The maximum atomic E-state index is 11.2. The fraction of sp³-hybridized carbons (Fsp3) is 0.455. The van der Waals surface area contributed by atoms with Crippen molar-refractivity contribution >= 4 is 0 Å². The van der Waals surface area contributed by atoms with E-state index in [4.69, 9.17) is 0 Å². The number of piperidine rings is 1. The van der Waals surface area contributed by atoms with Crippen molar-refractivity contribution in [3.05, 3.63) is 71.8 Å². The standard InChI is InChI=1S/C22H27NO/c1-23-20-12-13-21(23)19(15-17-10-6-3-7-11-17)22(24)18(20)14-16-8-4-2-5-9-16/h2-11,18-22,24H,12-15H2,1H3/t18-,19+,20+,21-,22?. The molecule has 2 aromatic rings. The molecule has 1 N–H and O–H groups in total. The van der Waals surface area contributed by atoms with Gasteiger partial charge in [0.05, 0.1) is 6.10 Å². The largest absolute Gasteiger partial charge is 0.392 e. The first kappa shape index (κ1) is 15.9. The van der Waals surface area contributed by atoms with Crippen molar-refractivity contribution in [3.63, 3.8) is 0 Å². The van der Waals surface area contributed by atoms with Crippen molar-refractivity contribution in [3.8, 4) is 0 Å². The van der Waals surface area contributed by atoms with Gasteiger partial charge in [0.15, 0.2) is 0 Å². The zero-order valence-corrected chi connectivity index (χ0v) is 14.4. The summed E-state index contributed by atoms with van der Waals surface area (Å²) >= 11 is 0. The molecule has 2 aliphatic rings. The van der Waals surface area contributed by atoms with Gasteiger partial charge in [0.1, 0.15) is 0 Å². The molecule has 0 spiro atoms. The third kappa shape index (κ3) is 2.89. The van der Waals surface area contributed by atoms with Gasteiger partial charge in [-0.05, 0) is 43.9 Å². The lowest BCUT2D eigenvalue weighted by Gasteiger charge is -2.46. The molecule has 0 aromatic heterocycles. The van der Waals surface area contributed by atoms with Gasteiger partial charge in [-0.1, -0.05) is 60.7 Å². The zero-order chi connectivity index (χ0) is 16.5. The Morgan fingerprint density at radius 1 is 0.792 bits per heavy atom. The van der Waals surface area contributed by atoms with Crippen LogP contribution in [0.5, 0.6) is 0 Å². The number of hydrogen-bond donors (Lipinski definition) is 1. The first-order chi connectivity index (χ1) is 11.7. The Morgan fingerprint density at radius 2 is 1.21 bits per heavy atom. The fourth-order valence-corrected chi connectivity index (χ4v) is 5.09. The predicted molar refractivity (Wildman–Crippen MR) is 97.9 cm³/mol. The minimum Gasteiger partial charge on any atom is -0.392 e. The van der Waals surface area contributed by atoms with Crippen molar-refractivity contribution in [2.45, 2.75) is 43.9 Å². The molecule has 0 amide bonds. The Kier molecular flexibility index (Phi) is 4.43. The van der Waals surface area contributed by atoms with Crippen LogP contribution in [-0.2, 0) is 12.8 Å². The molecule has 2 bridgehead atoms. The first-order valence-electron chi connectivity index (χ1n) is 9.22. The van der Waals surface area contributed by atoms with E-state index in [1.165, 1.54) is 24.0 Å². The molecule has 2 fully saturated rings. The van der Waals surface area contributed by atoms with E-state index in [-0.39, 0.29) is 6.10 Å². The Hall–Kier alpha value is -1.64. The number of nitrogens with zero attached hydrogens (tertiary/aromatic N) is 1. The van der Waals surface area contributed by atoms with Crippen LogP contribution in [0.15, 0.2) is 60.7 Å². The molecule has 0 radical (unpaired) electrons. The molecule has 126 valence electrons. The van der Waals surface area contributed by atoms with Gasteiger partial charge in [0, 0.05) is 23.9 Å². The van der Waals surface area contributed by atoms with Crippen molar-refractivity contribution in [1.29, 1.82) is 0 Å². The highest BCUT2D eigenvalue weighted by Gasteiger charge is 2.50. The van der Waals surface area contributed by atoms with Gasteiger partial charge in [-0.15, -0.1) is 0 Å². The summed E-state index contributed by atoms with van der Waals surface area (Å²) in [5.74, 6) is 0.676. The van der Waals surface area contributed by atoms with Crippen LogP contribution in [0.25, 0.3) is 0 Å². The van der Waals surface area contributed by atoms with Crippen LogP contribution in [0.4, 0.5) is 0 Å². The summed E-state index contributed by atoms with van der Waals surface area (Å²) in [7, 11) is 2.27. The zero-order valence-electron chi connectivity index (χ0n) is 14.4. The molecule has 2 saturated heterocycles. The van der Waals surface area contributed by atoms with Gasteiger partial charge in [-0.3, -0.25) is 4.90 Å². The third-order valence-corrected chi connectivity index (χ3v) is 6.30. The van der Waals surface area contributed by atoms with Crippen LogP contribution in [0.1, 0.15) is 24.0 Å². The highest BCUT2D eigenvalue weighted by Crippen LogP contribution is 2.44. The molecule has 2 nitrogen and oxygen atoms in total. The highest BCUT2D eigenvalue weighted by molar-refractivity contribution is 5.20. The van der Waals surface area contributed by atoms with Crippen LogP contribution in [0, 0.1) is 11.8 Å². The van der Waals surface area contributed by atoms with E-state index >= 15 is 0 Å². The van der Waals surface area contributed by atoms with E-state index in [1.807, 2.05) is 0 Å². The van der Waals surface area contributed by atoms with Crippen molar-refractivity contribution in [2.75, 3.05) is 7.05 Å². The smallest absolute Gasteiger partial charge is 0.0632 e. The normalized spacial score (nSPS) is 32.8. The van der Waals surface area contributed by atoms with Gasteiger partial charge >= 0.3 is 0 Å². The van der Waals surface area contributed by atoms with Gasteiger partial charge < -0.3 is 5.11 Å². The monoisotopic (exact) mass is 321 g/mol. The lowest BCUT2D eigenvalue weighted by molar-refractivity contribution is -0.0549. The van der Waals surface area contributed by atoms with E-state index in [2.05, 4.69) is 72.6 Å². The van der Waals surface area contributed by atoms with Crippen LogP contribution >= 0.6 is 0 Å². The van der Waals surface area contributed by atoms with Crippen molar-refractivity contribution < 1.29 is 5.11 Å². The Bertz CT molecular complexity index is 599. The number of hydrogen-bond acceptors (Lipinski definition) is 2. The summed E-state index contributed by atoms with van der Waals surface area (Å²) in [4.78, 5) is 2.56. The molecule has 5 atom stereocenters. The average molecular weight is 321 g/mol. The lowest BCUT2D eigenvalue weighted by Crippen LogP contribution is -2.56. The number of aliphatic hydroxyl groups excluding tert-OH is 1. The Balaban J connectivity index is 1.58. The Labute approximate surface area is 145 Å². The van der Waals surface area contributed by atoms with Crippen LogP contribution in [0.3, 0.4) is 0 Å². The summed E-state index contributed by atoms with van der Waals surface area (Å²) in [5.41, 5.74) is 2.69. The summed E-state index contributed by atoms with van der Waals surface area (Å²) in [6.07, 6.45) is 4.20.